The predicted octanol–water partition coefficient (Wildman–Crippen LogP) is 4.73. The second-order valence-corrected chi connectivity index (χ2v) is 7.46. The highest BCUT2D eigenvalue weighted by Gasteiger charge is 2.67. The van der Waals surface area contributed by atoms with Crippen molar-refractivity contribution in [2.45, 2.75) is 114 Å². The Bertz CT molecular complexity index is 303. The molecule has 0 unspecified atom stereocenters. The highest BCUT2D eigenvalue weighted by Crippen LogP contribution is 2.57. The summed E-state index contributed by atoms with van der Waals surface area (Å²) >= 11 is 0. The third-order valence-electron chi connectivity index (χ3n) is 6.05. The van der Waals surface area contributed by atoms with Gasteiger partial charge in [-0.05, 0) is 25.7 Å². The van der Waals surface area contributed by atoms with Crippen molar-refractivity contribution in [2.75, 3.05) is 0 Å². The molecular formula is C18H32O2. The molecule has 2 saturated carbocycles. The smallest absolute Gasteiger partial charge is 0.123 e. The molecule has 0 aromatic carbocycles. The van der Waals surface area contributed by atoms with Crippen LogP contribution in [0.25, 0.3) is 0 Å². The molecule has 1 saturated heterocycles. The van der Waals surface area contributed by atoms with Crippen molar-refractivity contribution in [2.24, 2.45) is 0 Å². The quantitative estimate of drug-likeness (QED) is 0.704. The molecule has 3 rings (SSSR count). The van der Waals surface area contributed by atoms with Gasteiger partial charge in [-0.25, -0.2) is 0 Å². The summed E-state index contributed by atoms with van der Waals surface area (Å²) in [5, 5.41) is 11.4. The van der Waals surface area contributed by atoms with Gasteiger partial charge in [-0.2, -0.15) is 0 Å². The van der Waals surface area contributed by atoms with E-state index in [2.05, 4.69) is 0 Å². The highest BCUT2D eigenvalue weighted by atomic mass is 16.6. The van der Waals surface area contributed by atoms with Crippen molar-refractivity contribution >= 4 is 0 Å². The molecule has 116 valence electrons. The third kappa shape index (κ3) is 2.92. The lowest BCUT2D eigenvalue weighted by Gasteiger charge is -2.37. The van der Waals surface area contributed by atoms with Gasteiger partial charge in [0.25, 0.3) is 0 Å². The number of ether oxygens (including phenoxy) is 1. The molecule has 3 aliphatic rings. The van der Waals surface area contributed by atoms with Crippen LogP contribution in [0.3, 0.4) is 0 Å². The first-order chi connectivity index (χ1) is 9.77. The number of aliphatic hydroxyl groups is 1. The summed E-state index contributed by atoms with van der Waals surface area (Å²) in [4.78, 5) is 0. The Kier molecular flexibility index (Phi) is 4.72. The van der Waals surface area contributed by atoms with Crippen molar-refractivity contribution in [1.29, 1.82) is 0 Å². The molecule has 3 fully saturated rings. The van der Waals surface area contributed by atoms with Crippen LogP contribution in [0.4, 0.5) is 0 Å². The van der Waals surface area contributed by atoms with Crippen LogP contribution >= 0.6 is 0 Å². The van der Waals surface area contributed by atoms with E-state index in [1.54, 1.807) is 0 Å². The van der Waals surface area contributed by atoms with E-state index in [1.807, 2.05) is 0 Å². The van der Waals surface area contributed by atoms with Crippen LogP contribution < -0.4 is 0 Å². The molecule has 2 nitrogen and oxygen atoms in total. The zero-order chi connectivity index (χ0) is 13.9. The van der Waals surface area contributed by atoms with Gasteiger partial charge < -0.3 is 9.84 Å². The lowest BCUT2D eigenvalue weighted by Crippen LogP contribution is -2.48. The Balaban J connectivity index is 1.64. The largest absolute Gasteiger partial charge is 0.387 e. The fourth-order valence-electron chi connectivity index (χ4n) is 4.71. The van der Waals surface area contributed by atoms with E-state index in [9.17, 15) is 5.11 Å². The minimum absolute atomic E-state index is 0.130. The SMILES string of the molecule is OC1([C@@]23CCCC[C@@H]2O3)CCCCCCCCCCC1. The number of hydrogen-bond acceptors (Lipinski definition) is 2. The molecule has 0 aromatic rings. The Labute approximate surface area is 124 Å². The van der Waals surface area contributed by atoms with E-state index >= 15 is 0 Å². The predicted molar refractivity (Wildman–Crippen MR) is 81.8 cm³/mol. The lowest BCUT2D eigenvalue weighted by atomic mass is 9.71. The van der Waals surface area contributed by atoms with Crippen LogP contribution in [0.5, 0.6) is 0 Å². The molecule has 0 radical (unpaired) electrons. The zero-order valence-electron chi connectivity index (χ0n) is 13.0. The molecule has 0 spiro atoms. The average molecular weight is 280 g/mol. The molecule has 2 atom stereocenters. The first-order valence-electron chi connectivity index (χ1n) is 9.17. The van der Waals surface area contributed by atoms with E-state index in [1.165, 1.54) is 77.0 Å². The van der Waals surface area contributed by atoms with Crippen molar-refractivity contribution in [3.8, 4) is 0 Å². The van der Waals surface area contributed by atoms with Crippen LogP contribution in [0, 0.1) is 0 Å². The summed E-state index contributed by atoms with van der Waals surface area (Å²) in [6.07, 6.45) is 19.0. The molecule has 20 heavy (non-hydrogen) atoms. The topological polar surface area (TPSA) is 32.8 Å². The standard InChI is InChI=1S/C18H32O2/c19-17(18-15-11-8-12-16(18)20-18)13-9-6-4-2-1-3-5-7-10-14-17/h16,19H,1-15H2/t16-,18+/m0/s1. The molecule has 1 N–H and O–H groups in total. The Morgan fingerprint density at radius 1 is 0.650 bits per heavy atom. The summed E-state index contributed by atoms with van der Waals surface area (Å²) in [6, 6.07) is 0. The first kappa shape index (κ1) is 14.8. The van der Waals surface area contributed by atoms with E-state index in [0.29, 0.717) is 6.10 Å². The fraction of sp³-hybridized carbons (Fsp3) is 1.00. The lowest BCUT2D eigenvalue weighted by molar-refractivity contribution is -0.0604. The molecule has 2 heteroatoms. The molecule has 1 aliphatic heterocycles. The average Bonchev–Trinajstić information content (AvgIpc) is 3.19. The zero-order valence-corrected chi connectivity index (χ0v) is 13.0. The Morgan fingerprint density at radius 2 is 1.15 bits per heavy atom. The minimum atomic E-state index is -0.517. The number of hydrogen-bond donors (Lipinski definition) is 1. The van der Waals surface area contributed by atoms with E-state index in [0.717, 1.165) is 19.3 Å². The Hall–Kier alpha value is -0.0800. The van der Waals surface area contributed by atoms with Gasteiger partial charge >= 0.3 is 0 Å². The summed E-state index contributed by atoms with van der Waals surface area (Å²) in [7, 11) is 0. The maximum absolute atomic E-state index is 11.4. The van der Waals surface area contributed by atoms with Crippen molar-refractivity contribution < 1.29 is 9.84 Å². The van der Waals surface area contributed by atoms with Gasteiger partial charge in [0, 0.05) is 0 Å². The van der Waals surface area contributed by atoms with Crippen LogP contribution in [0.1, 0.15) is 96.3 Å². The van der Waals surface area contributed by atoms with Crippen molar-refractivity contribution in [3.05, 3.63) is 0 Å². The first-order valence-corrected chi connectivity index (χ1v) is 9.17. The van der Waals surface area contributed by atoms with Crippen LogP contribution in [0.15, 0.2) is 0 Å². The van der Waals surface area contributed by atoms with Gasteiger partial charge in [-0.3, -0.25) is 0 Å². The summed E-state index contributed by atoms with van der Waals surface area (Å²) in [5.41, 5.74) is -0.646. The summed E-state index contributed by atoms with van der Waals surface area (Å²) in [5.74, 6) is 0. The van der Waals surface area contributed by atoms with Gasteiger partial charge in [-0.15, -0.1) is 0 Å². The normalized spacial score (nSPS) is 39.1. The van der Waals surface area contributed by atoms with Gasteiger partial charge in [0.15, 0.2) is 0 Å². The van der Waals surface area contributed by atoms with Gasteiger partial charge in [-0.1, -0.05) is 70.6 Å². The monoisotopic (exact) mass is 280 g/mol. The molecule has 0 aromatic heterocycles. The molecule has 0 bridgehead atoms. The van der Waals surface area contributed by atoms with Crippen LogP contribution in [0.2, 0.25) is 0 Å². The molecular weight excluding hydrogens is 248 g/mol. The van der Waals surface area contributed by atoms with E-state index < -0.39 is 5.60 Å². The van der Waals surface area contributed by atoms with E-state index in [-0.39, 0.29) is 5.60 Å². The maximum atomic E-state index is 11.4. The van der Waals surface area contributed by atoms with E-state index in [4.69, 9.17) is 4.74 Å². The van der Waals surface area contributed by atoms with Crippen LogP contribution in [-0.2, 0) is 4.74 Å². The third-order valence-corrected chi connectivity index (χ3v) is 6.05. The van der Waals surface area contributed by atoms with Crippen molar-refractivity contribution in [1.82, 2.24) is 0 Å². The number of epoxide rings is 1. The minimum Gasteiger partial charge on any atom is -0.387 e. The van der Waals surface area contributed by atoms with Gasteiger partial charge in [0.1, 0.15) is 5.60 Å². The second-order valence-electron chi connectivity index (χ2n) is 7.46. The van der Waals surface area contributed by atoms with Gasteiger partial charge in [0.05, 0.1) is 11.7 Å². The molecule has 2 aliphatic carbocycles. The fourth-order valence-corrected chi connectivity index (χ4v) is 4.71. The molecule has 0 amide bonds. The Morgan fingerprint density at radius 3 is 1.70 bits per heavy atom. The second kappa shape index (κ2) is 6.36. The van der Waals surface area contributed by atoms with Crippen LogP contribution in [-0.4, -0.2) is 22.4 Å². The highest BCUT2D eigenvalue weighted by molar-refractivity contribution is 5.16. The molecule has 1 heterocycles. The van der Waals surface area contributed by atoms with Gasteiger partial charge in [0.2, 0.25) is 0 Å². The summed E-state index contributed by atoms with van der Waals surface area (Å²) in [6.45, 7) is 0. The van der Waals surface area contributed by atoms with Crippen molar-refractivity contribution in [3.63, 3.8) is 0 Å². The number of fused-ring (bicyclic) bond motifs is 1. The number of rotatable bonds is 1. The maximum Gasteiger partial charge on any atom is 0.123 e. The summed E-state index contributed by atoms with van der Waals surface area (Å²) < 4.78 is 6.08.